The van der Waals surface area contributed by atoms with Gasteiger partial charge in [0.05, 0.1) is 35.9 Å². The van der Waals surface area contributed by atoms with Crippen LogP contribution < -0.4 is 10.1 Å². The summed E-state index contributed by atoms with van der Waals surface area (Å²) in [5.41, 5.74) is 2.92. The molecule has 6 nitrogen and oxygen atoms in total. The van der Waals surface area contributed by atoms with Gasteiger partial charge >= 0.3 is 5.97 Å². The van der Waals surface area contributed by atoms with E-state index < -0.39 is 5.97 Å². The van der Waals surface area contributed by atoms with Gasteiger partial charge in [0.2, 0.25) is 0 Å². The number of carbonyl (C=O) groups excluding carboxylic acids is 1. The normalized spacial score (nSPS) is 10.4. The number of nitriles is 1. The summed E-state index contributed by atoms with van der Waals surface area (Å²) < 4.78 is 10.2. The Kier molecular flexibility index (Phi) is 5.97. The van der Waals surface area contributed by atoms with E-state index in [1.165, 1.54) is 0 Å². The molecule has 0 spiro atoms. The lowest BCUT2D eigenvalue weighted by atomic mass is 10.1. The highest BCUT2D eigenvalue weighted by molar-refractivity contribution is 6.32. The van der Waals surface area contributed by atoms with Crippen LogP contribution in [0.25, 0.3) is 10.9 Å². The minimum absolute atomic E-state index is 0.203. The first kappa shape index (κ1) is 19.5. The molecule has 7 heteroatoms. The minimum Gasteiger partial charge on any atom is -0.495 e. The molecule has 0 fully saturated rings. The summed E-state index contributed by atoms with van der Waals surface area (Å²) in [7, 11) is 1.56. The van der Waals surface area contributed by atoms with E-state index in [4.69, 9.17) is 21.1 Å². The molecule has 1 aromatic heterocycles. The van der Waals surface area contributed by atoms with Crippen LogP contribution in [-0.4, -0.2) is 24.7 Å². The Labute approximate surface area is 167 Å². The number of carbonyl (C=O) groups is 1. The monoisotopic (exact) mass is 395 g/mol. The van der Waals surface area contributed by atoms with E-state index in [2.05, 4.69) is 16.4 Å². The van der Waals surface area contributed by atoms with Crippen LogP contribution in [-0.2, 0) is 11.3 Å². The van der Waals surface area contributed by atoms with Crippen molar-refractivity contribution < 1.29 is 14.3 Å². The fourth-order valence-corrected chi connectivity index (χ4v) is 3.05. The zero-order valence-corrected chi connectivity index (χ0v) is 16.2. The van der Waals surface area contributed by atoms with Gasteiger partial charge in [-0.3, -0.25) is 0 Å². The second kappa shape index (κ2) is 8.59. The standard InChI is InChI=1S/C21H18ClN3O3/c1-3-28-21(26)19-10-18(15-8-13(11-23)4-6-17(15)25-19)24-12-14-5-7-20(27-2)16(22)9-14/h4-10H,3,12H2,1-2H3,(H,24,25). The van der Waals surface area contributed by atoms with Gasteiger partial charge in [-0.05, 0) is 48.9 Å². The predicted molar refractivity (Wildman–Crippen MR) is 108 cm³/mol. The van der Waals surface area contributed by atoms with Crippen LogP contribution in [0.15, 0.2) is 42.5 Å². The molecule has 1 heterocycles. The summed E-state index contributed by atoms with van der Waals surface area (Å²) in [6.45, 7) is 2.46. The number of benzene rings is 2. The smallest absolute Gasteiger partial charge is 0.357 e. The lowest BCUT2D eigenvalue weighted by Crippen LogP contribution is -2.09. The zero-order valence-electron chi connectivity index (χ0n) is 15.5. The molecule has 0 atom stereocenters. The van der Waals surface area contributed by atoms with Gasteiger partial charge in [0.1, 0.15) is 5.75 Å². The van der Waals surface area contributed by atoms with Crippen molar-refractivity contribution in [3.8, 4) is 11.8 Å². The fraction of sp³-hybridized carbons (Fsp3) is 0.190. The van der Waals surface area contributed by atoms with Crippen molar-refractivity contribution in [3.05, 3.63) is 64.3 Å². The van der Waals surface area contributed by atoms with Crippen molar-refractivity contribution >= 4 is 34.2 Å². The molecular formula is C21H18ClN3O3. The lowest BCUT2D eigenvalue weighted by Gasteiger charge is -2.13. The first-order valence-corrected chi connectivity index (χ1v) is 9.01. The Hall–Kier alpha value is -3.30. The van der Waals surface area contributed by atoms with E-state index in [0.29, 0.717) is 34.1 Å². The number of nitrogens with zero attached hydrogens (tertiary/aromatic N) is 2. The predicted octanol–water partition coefficient (Wildman–Crippen LogP) is 4.56. The average Bonchev–Trinajstić information content (AvgIpc) is 2.71. The number of hydrogen-bond donors (Lipinski definition) is 1. The Morgan fingerprint density at radius 2 is 2.07 bits per heavy atom. The summed E-state index contributed by atoms with van der Waals surface area (Å²) in [6, 6.07) is 14.4. The van der Waals surface area contributed by atoms with Crippen LogP contribution in [0.2, 0.25) is 5.02 Å². The van der Waals surface area contributed by atoms with Gasteiger partial charge in [0.25, 0.3) is 0 Å². The number of ether oxygens (including phenoxy) is 2. The summed E-state index contributed by atoms with van der Waals surface area (Å²) >= 11 is 6.19. The molecule has 0 saturated carbocycles. The zero-order chi connectivity index (χ0) is 20.1. The van der Waals surface area contributed by atoms with Crippen molar-refractivity contribution in [1.82, 2.24) is 4.98 Å². The van der Waals surface area contributed by atoms with E-state index in [9.17, 15) is 10.1 Å². The first-order chi connectivity index (χ1) is 13.5. The molecule has 2 aromatic carbocycles. The van der Waals surface area contributed by atoms with Crippen LogP contribution in [0.4, 0.5) is 5.69 Å². The van der Waals surface area contributed by atoms with E-state index in [0.717, 1.165) is 10.9 Å². The molecule has 1 N–H and O–H groups in total. The van der Waals surface area contributed by atoms with Crippen molar-refractivity contribution in [2.75, 3.05) is 19.0 Å². The minimum atomic E-state index is -0.496. The summed E-state index contributed by atoms with van der Waals surface area (Å²) in [4.78, 5) is 16.5. The van der Waals surface area contributed by atoms with Crippen LogP contribution in [0.5, 0.6) is 5.75 Å². The van der Waals surface area contributed by atoms with Crippen LogP contribution in [0, 0.1) is 11.3 Å². The number of methoxy groups -OCH3 is 1. The Morgan fingerprint density at radius 3 is 2.75 bits per heavy atom. The number of nitrogens with one attached hydrogen (secondary N) is 1. The van der Waals surface area contributed by atoms with Gasteiger partial charge < -0.3 is 14.8 Å². The topological polar surface area (TPSA) is 84.2 Å². The van der Waals surface area contributed by atoms with Crippen LogP contribution in [0.3, 0.4) is 0 Å². The van der Waals surface area contributed by atoms with Crippen molar-refractivity contribution in [2.45, 2.75) is 13.5 Å². The number of aromatic nitrogens is 1. The number of anilines is 1. The average molecular weight is 396 g/mol. The highest BCUT2D eigenvalue weighted by Crippen LogP contribution is 2.28. The van der Waals surface area contributed by atoms with Gasteiger partial charge in [-0.25, -0.2) is 9.78 Å². The molecular weight excluding hydrogens is 378 g/mol. The maximum Gasteiger partial charge on any atom is 0.357 e. The molecule has 0 aliphatic rings. The molecule has 0 bridgehead atoms. The van der Waals surface area contributed by atoms with E-state index in [1.807, 2.05) is 12.1 Å². The number of fused-ring (bicyclic) bond motifs is 1. The van der Waals surface area contributed by atoms with E-state index in [1.54, 1.807) is 44.4 Å². The third kappa shape index (κ3) is 4.16. The third-order valence-electron chi connectivity index (χ3n) is 4.12. The van der Waals surface area contributed by atoms with Gasteiger partial charge in [-0.2, -0.15) is 5.26 Å². The number of halogens is 1. The molecule has 0 radical (unpaired) electrons. The molecule has 0 unspecified atom stereocenters. The lowest BCUT2D eigenvalue weighted by molar-refractivity contribution is 0.0520. The largest absolute Gasteiger partial charge is 0.495 e. The summed E-state index contributed by atoms with van der Waals surface area (Å²) in [5, 5.41) is 13.8. The number of rotatable bonds is 6. The number of esters is 1. The van der Waals surface area contributed by atoms with Crippen LogP contribution >= 0.6 is 11.6 Å². The summed E-state index contributed by atoms with van der Waals surface area (Å²) in [5.74, 6) is 0.104. The maximum atomic E-state index is 12.2. The second-order valence-electron chi connectivity index (χ2n) is 5.94. The first-order valence-electron chi connectivity index (χ1n) is 8.64. The van der Waals surface area contributed by atoms with Gasteiger partial charge in [-0.1, -0.05) is 17.7 Å². The Morgan fingerprint density at radius 1 is 1.25 bits per heavy atom. The second-order valence-corrected chi connectivity index (χ2v) is 6.35. The highest BCUT2D eigenvalue weighted by atomic mass is 35.5. The molecule has 0 aliphatic carbocycles. The third-order valence-corrected chi connectivity index (χ3v) is 4.42. The van der Waals surface area contributed by atoms with Crippen molar-refractivity contribution in [3.63, 3.8) is 0 Å². The molecule has 3 rings (SSSR count). The SMILES string of the molecule is CCOC(=O)c1cc(NCc2ccc(OC)c(Cl)c2)c2cc(C#N)ccc2n1. The Bertz CT molecular complexity index is 1080. The van der Waals surface area contributed by atoms with E-state index >= 15 is 0 Å². The molecule has 28 heavy (non-hydrogen) atoms. The van der Waals surface area contributed by atoms with E-state index in [-0.39, 0.29) is 12.3 Å². The van der Waals surface area contributed by atoms with Gasteiger partial charge in [0.15, 0.2) is 5.69 Å². The fourth-order valence-electron chi connectivity index (χ4n) is 2.77. The highest BCUT2D eigenvalue weighted by Gasteiger charge is 2.14. The number of hydrogen-bond acceptors (Lipinski definition) is 6. The molecule has 3 aromatic rings. The van der Waals surface area contributed by atoms with Crippen molar-refractivity contribution in [1.29, 1.82) is 5.26 Å². The molecule has 0 saturated heterocycles. The van der Waals surface area contributed by atoms with Crippen LogP contribution in [0.1, 0.15) is 28.5 Å². The van der Waals surface area contributed by atoms with Crippen molar-refractivity contribution in [2.24, 2.45) is 0 Å². The Balaban J connectivity index is 1.98. The summed E-state index contributed by atoms with van der Waals surface area (Å²) in [6.07, 6.45) is 0. The quantitative estimate of drug-likeness (QED) is 0.616. The molecule has 0 aliphatic heterocycles. The molecule has 142 valence electrons. The maximum absolute atomic E-state index is 12.2. The number of pyridine rings is 1. The van der Waals surface area contributed by atoms with Gasteiger partial charge in [-0.15, -0.1) is 0 Å². The van der Waals surface area contributed by atoms with Gasteiger partial charge in [0, 0.05) is 17.6 Å². The molecule has 0 amide bonds.